The predicted octanol–water partition coefficient (Wildman–Crippen LogP) is 2.25. The lowest BCUT2D eigenvalue weighted by Gasteiger charge is -2.06. The summed E-state index contributed by atoms with van der Waals surface area (Å²) in [6, 6.07) is 5.97. The maximum absolute atomic E-state index is 6.26. The van der Waals surface area contributed by atoms with E-state index < -0.39 is 0 Å². The number of nitrogens with one attached hydrogen (secondary N) is 2. The van der Waals surface area contributed by atoms with Crippen molar-refractivity contribution in [2.24, 2.45) is 0 Å². The van der Waals surface area contributed by atoms with Gasteiger partial charge in [-0.25, -0.2) is 14.6 Å². The minimum Gasteiger partial charge on any atom is -0.337 e. The van der Waals surface area contributed by atoms with Gasteiger partial charge >= 0.3 is 0 Å². The monoisotopic (exact) mass is 385 g/mol. The molecular formula is C20H19N9. The molecule has 0 aromatic carbocycles. The third-order valence-corrected chi connectivity index (χ3v) is 4.83. The van der Waals surface area contributed by atoms with E-state index in [4.69, 9.17) is 5.84 Å². The molecule has 0 radical (unpaired) electrons. The van der Waals surface area contributed by atoms with Crippen molar-refractivity contribution >= 4 is 22.1 Å². The average Bonchev–Trinajstić information content (AvgIpc) is 3.33. The molecule has 5 aromatic rings. The Bertz CT molecular complexity index is 1320. The van der Waals surface area contributed by atoms with Gasteiger partial charge in [0.05, 0.1) is 17.1 Å². The fraction of sp³-hybridized carbons (Fsp3) is 0.150. The van der Waals surface area contributed by atoms with Gasteiger partial charge in [-0.15, -0.1) is 0 Å². The lowest BCUT2D eigenvalue weighted by atomic mass is 10.1. The minimum atomic E-state index is 0.553. The molecule has 0 bridgehead atoms. The van der Waals surface area contributed by atoms with Crippen molar-refractivity contribution in [2.45, 2.75) is 13.5 Å². The summed E-state index contributed by atoms with van der Waals surface area (Å²) in [5.74, 6) is 6.81. The van der Waals surface area contributed by atoms with E-state index in [1.165, 1.54) is 4.68 Å². The molecule has 0 saturated carbocycles. The van der Waals surface area contributed by atoms with Gasteiger partial charge in [0.15, 0.2) is 11.5 Å². The van der Waals surface area contributed by atoms with Gasteiger partial charge in [0.1, 0.15) is 11.2 Å². The van der Waals surface area contributed by atoms with Crippen LogP contribution in [0.4, 0.5) is 0 Å². The molecule has 9 nitrogen and oxygen atoms in total. The number of rotatable bonds is 5. The Labute approximate surface area is 166 Å². The maximum atomic E-state index is 6.26. The van der Waals surface area contributed by atoms with Crippen LogP contribution in [0.5, 0.6) is 0 Å². The van der Waals surface area contributed by atoms with Crippen LogP contribution in [0.25, 0.3) is 44.7 Å². The van der Waals surface area contributed by atoms with Gasteiger partial charge in [-0.3, -0.25) is 15.1 Å². The number of hydrogen-bond acceptors (Lipinski definition) is 7. The molecule has 0 amide bonds. The number of H-pyrrole nitrogens is 1. The van der Waals surface area contributed by atoms with Crippen molar-refractivity contribution in [3.8, 4) is 22.6 Å². The largest absolute Gasteiger partial charge is 0.337 e. The molecule has 5 rings (SSSR count). The fourth-order valence-electron chi connectivity index (χ4n) is 3.35. The topological polar surface area (TPSA) is 123 Å². The molecule has 4 N–H and O–H groups in total. The Hall–Kier alpha value is -3.85. The summed E-state index contributed by atoms with van der Waals surface area (Å²) < 4.78 is 1.50. The molecule has 0 unspecified atom stereocenters. The van der Waals surface area contributed by atoms with E-state index >= 15 is 0 Å². The summed E-state index contributed by atoms with van der Waals surface area (Å²) in [7, 11) is 0. The summed E-state index contributed by atoms with van der Waals surface area (Å²) >= 11 is 0. The second-order valence-electron chi connectivity index (χ2n) is 6.72. The summed E-state index contributed by atoms with van der Waals surface area (Å²) in [6.07, 6.45) is 8.89. The van der Waals surface area contributed by atoms with Crippen LogP contribution in [0.15, 0.2) is 49.2 Å². The predicted molar refractivity (Wildman–Crippen MR) is 111 cm³/mol. The summed E-state index contributed by atoms with van der Waals surface area (Å²) in [4.78, 5) is 17.6. The quantitative estimate of drug-likeness (QED) is 0.396. The van der Waals surface area contributed by atoms with E-state index in [-0.39, 0.29) is 0 Å². The molecule has 0 aliphatic rings. The lowest BCUT2D eigenvalue weighted by Crippen LogP contribution is -2.11. The van der Waals surface area contributed by atoms with E-state index in [0.717, 1.165) is 46.2 Å². The summed E-state index contributed by atoms with van der Waals surface area (Å²) in [6.45, 7) is 3.76. The number of aromatic nitrogens is 7. The van der Waals surface area contributed by atoms with Gasteiger partial charge in [0.2, 0.25) is 0 Å². The highest BCUT2D eigenvalue weighted by Gasteiger charge is 2.17. The third kappa shape index (κ3) is 2.97. The van der Waals surface area contributed by atoms with Gasteiger partial charge in [-0.1, -0.05) is 6.92 Å². The lowest BCUT2D eigenvalue weighted by molar-refractivity contribution is 0.724. The maximum Gasteiger partial charge on any atom is 0.181 e. The molecule has 5 heterocycles. The van der Waals surface area contributed by atoms with Crippen LogP contribution >= 0.6 is 0 Å². The number of hydrogen-bond donors (Lipinski definition) is 3. The highest BCUT2D eigenvalue weighted by molar-refractivity contribution is 5.93. The molecule has 0 saturated heterocycles. The van der Waals surface area contributed by atoms with Gasteiger partial charge in [0.25, 0.3) is 0 Å². The van der Waals surface area contributed by atoms with Crippen molar-refractivity contribution in [2.75, 3.05) is 12.4 Å². The van der Waals surface area contributed by atoms with Crippen LogP contribution in [0, 0.1) is 0 Å². The number of imidazole rings is 1. The number of aromatic amines is 1. The van der Waals surface area contributed by atoms with E-state index in [1.54, 1.807) is 12.4 Å². The molecule has 144 valence electrons. The first kappa shape index (κ1) is 17.3. The molecular weight excluding hydrogens is 366 g/mol. The second-order valence-corrected chi connectivity index (χ2v) is 6.72. The second kappa shape index (κ2) is 6.95. The average molecular weight is 385 g/mol. The smallest absolute Gasteiger partial charge is 0.181 e. The Morgan fingerprint density at radius 2 is 2.00 bits per heavy atom. The zero-order chi connectivity index (χ0) is 19.8. The van der Waals surface area contributed by atoms with Crippen LogP contribution in [-0.4, -0.2) is 41.4 Å². The summed E-state index contributed by atoms with van der Waals surface area (Å²) in [5, 5.41) is 11.5. The van der Waals surface area contributed by atoms with Crippen molar-refractivity contribution < 1.29 is 0 Å². The van der Waals surface area contributed by atoms with Crippen molar-refractivity contribution in [3.63, 3.8) is 0 Å². The Balaban J connectivity index is 1.62. The van der Waals surface area contributed by atoms with Crippen LogP contribution in [-0.2, 0) is 6.54 Å². The molecule has 0 atom stereocenters. The number of pyridine rings is 3. The van der Waals surface area contributed by atoms with Crippen molar-refractivity contribution in [3.05, 3.63) is 54.7 Å². The Morgan fingerprint density at radius 1 is 1.10 bits per heavy atom. The van der Waals surface area contributed by atoms with E-state index in [9.17, 15) is 0 Å². The number of fused-ring (bicyclic) bond motifs is 2. The first-order valence-electron chi connectivity index (χ1n) is 9.31. The van der Waals surface area contributed by atoms with Crippen LogP contribution in [0.2, 0.25) is 0 Å². The van der Waals surface area contributed by atoms with Crippen LogP contribution < -0.4 is 11.2 Å². The molecule has 0 spiro atoms. The molecule has 29 heavy (non-hydrogen) atoms. The normalized spacial score (nSPS) is 11.5. The van der Waals surface area contributed by atoms with Crippen molar-refractivity contribution in [1.29, 1.82) is 0 Å². The highest BCUT2D eigenvalue weighted by atomic mass is 15.3. The Kier molecular flexibility index (Phi) is 4.14. The molecule has 9 heteroatoms. The molecule has 5 aromatic heterocycles. The van der Waals surface area contributed by atoms with Gasteiger partial charge in [0, 0.05) is 42.5 Å². The van der Waals surface area contributed by atoms with Crippen LogP contribution in [0.3, 0.4) is 0 Å². The first-order valence-corrected chi connectivity index (χ1v) is 9.31. The molecule has 0 aliphatic heterocycles. The SMILES string of the molecule is CCNCc1cncc(-c2cnc3[nH]nc(-c4nc5ccncc5n4N)c3c2)c1. The fourth-order valence-corrected chi connectivity index (χ4v) is 3.35. The van der Waals surface area contributed by atoms with Crippen molar-refractivity contribution in [1.82, 2.24) is 40.1 Å². The zero-order valence-corrected chi connectivity index (χ0v) is 15.8. The Morgan fingerprint density at radius 3 is 2.86 bits per heavy atom. The molecule has 0 fully saturated rings. The third-order valence-electron chi connectivity index (χ3n) is 4.83. The van der Waals surface area contributed by atoms with Crippen LogP contribution in [0.1, 0.15) is 12.5 Å². The van der Waals surface area contributed by atoms with E-state index in [2.05, 4.69) is 48.4 Å². The van der Waals surface area contributed by atoms with Gasteiger partial charge < -0.3 is 11.2 Å². The zero-order valence-electron chi connectivity index (χ0n) is 15.8. The number of nitrogens with zero attached hydrogens (tertiary/aromatic N) is 6. The standard InChI is InChI=1S/C20H19N9/c1-2-22-7-12-5-13(9-24-8-12)14-6-15-18(27-28-19(15)25-10-14)20-26-16-3-4-23-11-17(16)29(20)21/h3-6,8-11,22H,2,7,21H2,1H3,(H,25,27,28). The molecule has 0 aliphatic carbocycles. The summed E-state index contributed by atoms with van der Waals surface area (Å²) in [5.41, 5.74) is 5.88. The van der Waals surface area contributed by atoms with Gasteiger partial charge in [-0.2, -0.15) is 5.10 Å². The first-order chi connectivity index (χ1) is 14.2. The number of nitrogens with two attached hydrogens (primary N) is 1. The highest BCUT2D eigenvalue weighted by Crippen LogP contribution is 2.29. The van der Waals surface area contributed by atoms with E-state index in [1.807, 2.05) is 30.7 Å². The number of nitrogen functional groups attached to an aromatic ring is 1. The minimum absolute atomic E-state index is 0.553. The van der Waals surface area contributed by atoms with E-state index in [0.29, 0.717) is 17.2 Å². The van der Waals surface area contributed by atoms with Gasteiger partial charge in [-0.05, 0) is 30.3 Å².